The molecule has 0 bridgehead atoms. The van der Waals surface area contributed by atoms with Crippen LogP contribution in [-0.4, -0.2) is 89.8 Å². The first-order chi connectivity index (χ1) is 19.8. The van der Waals surface area contributed by atoms with Crippen LogP contribution in [0.1, 0.15) is 19.2 Å². The molecule has 3 aromatic rings. The van der Waals surface area contributed by atoms with Crippen molar-refractivity contribution >= 4 is 63.1 Å². The fraction of sp³-hybridized carbons (Fsp3) is 0.417. The molecule has 1 saturated heterocycles. The molecule has 232 valence electrons. The van der Waals surface area contributed by atoms with Crippen LogP contribution in [0.2, 0.25) is 0 Å². The second kappa shape index (κ2) is 14.8. The van der Waals surface area contributed by atoms with Gasteiger partial charge < -0.3 is 55.7 Å². The first kappa shape index (κ1) is 34.0. The van der Waals surface area contributed by atoms with Crippen molar-refractivity contribution < 1.29 is 53.7 Å². The smallest absolute Gasteiger partial charge is 0.352 e. The van der Waals surface area contributed by atoms with Gasteiger partial charge in [0, 0.05) is 29.4 Å². The molecule has 2 aliphatic rings. The Balaban J connectivity index is 0.00000253. The number of nitrogen functional groups attached to an aromatic ring is 1. The number of anilines is 1. The van der Waals surface area contributed by atoms with Crippen molar-refractivity contribution in [3.8, 4) is 0 Å². The fourth-order valence-electron chi connectivity index (χ4n) is 4.68. The Kier molecular flexibility index (Phi) is 11.7. The molecule has 1 fully saturated rings. The molecule has 5 rings (SSSR count). The van der Waals surface area contributed by atoms with Gasteiger partial charge in [-0.1, -0.05) is 5.16 Å². The number of β-lactam (4-membered cyclic amide) rings is 1. The third-order valence-electron chi connectivity index (χ3n) is 6.53. The van der Waals surface area contributed by atoms with Crippen LogP contribution in [0.5, 0.6) is 0 Å². The zero-order valence-electron chi connectivity index (χ0n) is 23.1. The summed E-state index contributed by atoms with van der Waals surface area (Å²) in [7, 11) is 1.91. The molecular formula is C24H29Cl2N10O5S2-. The second-order valence-electron chi connectivity index (χ2n) is 9.17. The maximum Gasteiger partial charge on any atom is 0.352 e. The molecule has 3 aromatic heterocycles. The third kappa shape index (κ3) is 6.85. The summed E-state index contributed by atoms with van der Waals surface area (Å²) in [5.74, 6) is -2.16. The normalized spacial score (nSPS) is 18.0. The molecule has 1 unspecified atom stereocenters. The molecule has 2 amide bonds. The van der Waals surface area contributed by atoms with Crippen LogP contribution in [0.4, 0.5) is 5.13 Å². The standard InChI is InChI=1S/C24H28N10O5S2.2ClH/c1-3-39-30-15(18-29-24(25)41-31-18)20(35)28-16-21(36)34-17(23(37)38)13(11-40-22(16)34)10-32-8-4-6-14-19(32)27-12-33(14)9-5-7-26-2;;/h4,6,8,12,16,22,26H,3,5,7,9-11H2,1-2H3,(H3-,25,28,29,31,35,37,38);2*1H/p-1/b30-15-;;/t16-,22?;;/m1../s1. The van der Waals surface area contributed by atoms with Gasteiger partial charge in [-0.2, -0.15) is 9.36 Å². The fourth-order valence-corrected chi connectivity index (χ4v) is 6.45. The van der Waals surface area contributed by atoms with Gasteiger partial charge in [-0.3, -0.25) is 14.5 Å². The topological polar surface area (TPSA) is 194 Å². The molecule has 0 saturated carbocycles. The molecule has 0 spiro atoms. The summed E-state index contributed by atoms with van der Waals surface area (Å²) in [5.41, 5.74) is 7.56. The monoisotopic (exact) mass is 671 g/mol. The Hall–Kier alpha value is -3.51. The van der Waals surface area contributed by atoms with Crippen molar-refractivity contribution in [3.05, 3.63) is 41.8 Å². The Morgan fingerprint density at radius 3 is 2.81 bits per heavy atom. The lowest BCUT2D eigenvalue weighted by molar-refractivity contribution is -0.664. The summed E-state index contributed by atoms with van der Waals surface area (Å²) < 4.78 is 7.95. The number of nitrogens with two attached hydrogens (primary N) is 1. The van der Waals surface area contributed by atoms with Gasteiger partial charge in [0.2, 0.25) is 17.9 Å². The van der Waals surface area contributed by atoms with Gasteiger partial charge >= 0.3 is 11.6 Å². The van der Waals surface area contributed by atoms with Crippen LogP contribution >= 0.6 is 23.3 Å². The predicted molar refractivity (Wildman–Crippen MR) is 151 cm³/mol. The number of oxime groups is 1. The summed E-state index contributed by atoms with van der Waals surface area (Å²) in [4.78, 5) is 53.5. The lowest BCUT2D eigenvalue weighted by Crippen LogP contribution is -3.00. The Morgan fingerprint density at radius 2 is 2.14 bits per heavy atom. The van der Waals surface area contributed by atoms with E-state index in [4.69, 9.17) is 10.6 Å². The quantitative estimate of drug-likeness (QED) is 0.0470. The molecule has 2 atom stereocenters. The number of aromatic nitrogens is 5. The second-order valence-corrected chi connectivity index (χ2v) is 11.1. The van der Waals surface area contributed by atoms with Crippen molar-refractivity contribution in [1.29, 1.82) is 0 Å². The molecule has 0 aliphatic carbocycles. The molecule has 5 heterocycles. The third-order valence-corrected chi connectivity index (χ3v) is 8.41. The van der Waals surface area contributed by atoms with Crippen molar-refractivity contribution in [2.45, 2.75) is 37.8 Å². The predicted octanol–water partition coefficient (Wildman–Crippen LogP) is -6.45. The number of thioether (sulfide) groups is 1. The highest BCUT2D eigenvalue weighted by Gasteiger charge is 2.54. The van der Waals surface area contributed by atoms with E-state index in [1.165, 1.54) is 16.7 Å². The zero-order chi connectivity index (χ0) is 29.1. The summed E-state index contributed by atoms with van der Waals surface area (Å²) in [6.07, 6.45) is 4.56. The van der Waals surface area contributed by atoms with Crippen LogP contribution in [0.15, 0.2) is 41.1 Å². The maximum absolute atomic E-state index is 13.2. The van der Waals surface area contributed by atoms with Crippen LogP contribution in [0.25, 0.3) is 11.2 Å². The van der Waals surface area contributed by atoms with Gasteiger partial charge in [-0.15, -0.1) is 11.8 Å². The summed E-state index contributed by atoms with van der Waals surface area (Å²) in [5, 5.41) is 19.2. The van der Waals surface area contributed by atoms with E-state index in [1.54, 1.807) is 13.3 Å². The van der Waals surface area contributed by atoms with Crippen molar-refractivity contribution in [2.24, 2.45) is 5.16 Å². The van der Waals surface area contributed by atoms with E-state index in [-0.39, 0.29) is 60.3 Å². The number of aryl methyl sites for hydroxylation is 1. The van der Waals surface area contributed by atoms with E-state index in [2.05, 4.69) is 34.7 Å². The van der Waals surface area contributed by atoms with E-state index in [0.717, 1.165) is 42.2 Å². The van der Waals surface area contributed by atoms with Gasteiger partial charge in [0.05, 0.1) is 6.20 Å². The number of carboxylic acid groups (broad SMARTS) is 1. The first-order valence-corrected chi connectivity index (χ1v) is 14.6. The number of aliphatic carboxylic acids is 1. The first-order valence-electron chi connectivity index (χ1n) is 12.8. The van der Waals surface area contributed by atoms with E-state index < -0.39 is 29.2 Å². The average molecular weight is 673 g/mol. The largest absolute Gasteiger partial charge is 1.00 e. The van der Waals surface area contributed by atoms with E-state index in [0.29, 0.717) is 11.3 Å². The molecule has 0 radical (unpaired) electrons. The minimum atomic E-state index is -1.21. The number of nitrogens with zero attached hydrogens (tertiary/aromatic N) is 7. The molecule has 2 aliphatic heterocycles. The average Bonchev–Trinajstić information content (AvgIpc) is 3.58. The summed E-state index contributed by atoms with van der Waals surface area (Å²) >= 11 is 2.26. The lowest BCUT2D eigenvalue weighted by atomic mass is 10.0. The number of fused-ring (bicyclic) bond motifs is 2. The number of imidazole rings is 1. The number of hydrogen-bond acceptors (Lipinski definition) is 12. The number of carboxylic acids is 1. The van der Waals surface area contributed by atoms with Crippen molar-refractivity contribution in [1.82, 2.24) is 34.4 Å². The van der Waals surface area contributed by atoms with Gasteiger partial charge in [0.15, 0.2) is 5.13 Å². The van der Waals surface area contributed by atoms with Crippen LogP contribution in [0, 0.1) is 0 Å². The zero-order valence-corrected chi connectivity index (χ0v) is 26.2. The van der Waals surface area contributed by atoms with E-state index in [9.17, 15) is 19.5 Å². The van der Waals surface area contributed by atoms with E-state index in [1.807, 2.05) is 29.9 Å². The summed E-state index contributed by atoms with van der Waals surface area (Å²) in [6.45, 7) is 3.81. The van der Waals surface area contributed by atoms with Gasteiger partial charge in [0.25, 0.3) is 11.8 Å². The molecular weight excluding hydrogens is 643 g/mol. The SMILES string of the molecule is CCO/N=C(\C(=O)N[C@@H]1C(=O)N2C(C(=O)O)=C(C[n+]3cccc4c3ncn4CCCNC)CSC12)c1nsc(N)n1.[Cl-].[Cl-]. The summed E-state index contributed by atoms with van der Waals surface area (Å²) in [6, 6.07) is 2.90. The van der Waals surface area contributed by atoms with Gasteiger partial charge in [-0.05, 0) is 44.1 Å². The Morgan fingerprint density at radius 1 is 1.35 bits per heavy atom. The Bertz CT molecular complexity index is 1560. The van der Waals surface area contributed by atoms with E-state index >= 15 is 0 Å². The minimum Gasteiger partial charge on any atom is -1.00 e. The number of pyridine rings is 1. The van der Waals surface area contributed by atoms with Gasteiger partial charge in [-0.25, -0.2) is 9.36 Å². The number of halogens is 2. The van der Waals surface area contributed by atoms with Gasteiger partial charge in [0.1, 0.15) is 35.8 Å². The highest BCUT2D eigenvalue weighted by molar-refractivity contribution is 8.00. The van der Waals surface area contributed by atoms with Crippen molar-refractivity contribution in [2.75, 3.05) is 31.7 Å². The molecule has 19 heteroatoms. The number of rotatable bonds is 12. The number of carbonyl (C=O) groups is 3. The molecule has 43 heavy (non-hydrogen) atoms. The number of hydrogen-bond donors (Lipinski definition) is 4. The number of nitrogens with one attached hydrogen (secondary N) is 2. The molecule has 15 nitrogen and oxygen atoms in total. The van der Waals surface area contributed by atoms with Crippen molar-refractivity contribution in [3.63, 3.8) is 0 Å². The van der Waals surface area contributed by atoms with Crippen LogP contribution in [-0.2, 0) is 32.3 Å². The molecule has 0 aromatic carbocycles. The highest BCUT2D eigenvalue weighted by Crippen LogP contribution is 2.40. The van der Waals surface area contributed by atoms with Crippen LogP contribution < -0.4 is 45.7 Å². The maximum atomic E-state index is 13.2. The highest BCUT2D eigenvalue weighted by atomic mass is 35.5. The lowest BCUT2D eigenvalue weighted by Gasteiger charge is -2.49. The Labute approximate surface area is 266 Å². The number of carbonyl (C=O) groups excluding carboxylic acids is 2. The number of amides is 2. The van der Waals surface area contributed by atoms with Crippen LogP contribution in [0.3, 0.4) is 0 Å². The molecule has 5 N–H and O–H groups in total. The minimum absolute atomic E-state index is 0.